The Balaban J connectivity index is 1.92. The predicted molar refractivity (Wildman–Crippen MR) is 95.8 cm³/mol. The molecule has 0 fully saturated rings. The van der Waals surface area contributed by atoms with Gasteiger partial charge in [0, 0.05) is 47.5 Å². The first kappa shape index (κ1) is 14.7. The summed E-state index contributed by atoms with van der Waals surface area (Å²) in [6.45, 7) is 0. The molecule has 1 unspecified atom stereocenters. The first-order valence-corrected chi connectivity index (χ1v) is 7.88. The molecule has 120 valence electrons. The minimum atomic E-state index is -0.476. The molecule has 24 heavy (non-hydrogen) atoms. The van der Waals surface area contributed by atoms with Crippen LogP contribution in [0.2, 0.25) is 0 Å². The number of carbonyl (C=O) groups excluding carboxylic acids is 1. The van der Waals surface area contributed by atoms with E-state index in [2.05, 4.69) is 32.9 Å². The monoisotopic (exact) mass is 318 g/mol. The van der Waals surface area contributed by atoms with E-state index < -0.39 is 6.04 Å². The summed E-state index contributed by atoms with van der Waals surface area (Å²) in [5.41, 5.74) is 11.3. The lowest BCUT2D eigenvalue weighted by atomic mass is 10.00. The zero-order chi connectivity index (χ0) is 16.7. The van der Waals surface area contributed by atoms with Crippen molar-refractivity contribution in [3.63, 3.8) is 0 Å². The van der Waals surface area contributed by atoms with E-state index in [-0.39, 0.29) is 0 Å². The molecule has 3 N–H and O–H groups in total. The summed E-state index contributed by atoms with van der Waals surface area (Å²) in [6, 6.07) is 7.78. The molecule has 0 bridgehead atoms. The lowest BCUT2D eigenvalue weighted by Gasteiger charge is -2.05. The zero-order valence-corrected chi connectivity index (χ0v) is 13.4. The van der Waals surface area contributed by atoms with Crippen LogP contribution in [0, 0.1) is 0 Å². The Labute approximate surface area is 139 Å². The second-order valence-corrected chi connectivity index (χ2v) is 6.09. The number of H-pyrrole nitrogens is 1. The number of pyridine rings is 1. The van der Waals surface area contributed by atoms with Crippen LogP contribution in [0.4, 0.5) is 0 Å². The van der Waals surface area contributed by atoms with Crippen molar-refractivity contribution in [2.75, 3.05) is 0 Å². The van der Waals surface area contributed by atoms with Crippen LogP contribution in [0.5, 0.6) is 0 Å². The molecule has 1 atom stereocenters. The van der Waals surface area contributed by atoms with Gasteiger partial charge >= 0.3 is 0 Å². The van der Waals surface area contributed by atoms with Crippen molar-refractivity contribution in [3.8, 4) is 11.1 Å². The van der Waals surface area contributed by atoms with Gasteiger partial charge in [-0.2, -0.15) is 0 Å². The number of hydrogen-bond acceptors (Lipinski definition) is 3. The van der Waals surface area contributed by atoms with Crippen LogP contribution in [0.3, 0.4) is 0 Å². The Morgan fingerprint density at radius 1 is 1.29 bits per heavy atom. The number of aromatic nitrogens is 3. The highest BCUT2D eigenvalue weighted by Crippen LogP contribution is 2.35. The van der Waals surface area contributed by atoms with Crippen LogP contribution in [-0.2, 0) is 18.3 Å². The molecular formula is C19H18N4O. The van der Waals surface area contributed by atoms with Crippen molar-refractivity contribution in [3.05, 3.63) is 54.6 Å². The largest absolute Gasteiger partial charge is 0.360 e. The van der Waals surface area contributed by atoms with E-state index in [0.29, 0.717) is 6.42 Å². The van der Waals surface area contributed by atoms with E-state index in [9.17, 15) is 4.79 Å². The number of hydrogen-bond donors (Lipinski definition) is 2. The molecular weight excluding hydrogens is 300 g/mol. The van der Waals surface area contributed by atoms with Gasteiger partial charge in [0.05, 0.1) is 23.3 Å². The van der Waals surface area contributed by atoms with Crippen LogP contribution in [-0.4, -0.2) is 26.9 Å². The standard InChI is InChI=1S/C19H18N4O/c1-23-10-17(15-5-6-21-9-18(15)23)16-4-2-3-14-12(7-13(20)11-24)8-22-19(14)16/h2-6,8-11,13,22H,7,20H2,1H3. The summed E-state index contributed by atoms with van der Waals surface area (Å²) in [7, 11) is 2.02. The van der Waals surface area contributed by atoms with E-state index in [0.717, 1.165) is 39.4 Å². The maximum absolute atomic E-state index is 10.9. The number of nitrogens with zero attached hydrogens (tertiary/aromatic N) is 2. The van der Waals surface area contributed by atoms with Crippen molar-refractivity contribution in [1.29, 1.82) is 0 Å². The quantitative estimate of drug-likeness (QED) is 0.568. The first-order valence-electron chi connectivity index (χ1n) is 7.88. The highest BCUT2D eigenvalue weighted by Gasteiger charge is 2.14. The molecule has 5 heteroatoms. The van der Waals surface area contributed by atoms with E-state index >= 15 is 0 Å². The molecule has 1 aromatic carbocycles. The predicted octanol–water partition coefficient (Wildman–Crippen LogP) is 2.79. The molecule has 0 aliphatic heterocycles. The summed E-state index contributed by atoms with van der Waals surface area (Å²) in [5.74, 6) is 0. The highest BCUT2D eigenvalue weighted by molar-refractivity contribution is 6.04. The van der Waals surface area contributed by atoms with Crippen molar-refractivity contribution in [2.45, 2.75) is 12.5 Å². The Morgan fingerprint density at radius 3 is 3.00 bits per heavy atom. The molecule has 4 rings (SSSR count). The number of rotatable bonds is 4. The SMILES string of the molecule is Cn1cc(-c2cccc3c(CC(N)C=O)c[nH]c23)c2ccncc21. The van der Waals surface area contributed by atoms with Gasteiger partial charge in [0.2, 0.25) is 0 Å². The molecule has 0 saturated heterocycles. The summed E-state index contributed by atoms with van der Waals surface area (Å²) >= 11 is 0. The second kappa shape index (κ2) is 5.62. The van der Waals surface area contributed by atoms with Crippen LogP contribution < -0.4 is 5.73 Å². The topological polar surface area (TPSA) is 76.7 Å². The fraction of sp³-hybridized carbons (Fsp3) is 0.158. The Bertz CT molecular complexity index is 1040. The number of nitrogens with one attached hydrogen (secondary N) is 1. The van der Waals surface area contributed by atoms with E-state index in [1.807, 2.05) is 37.8 Å². The summed E-state index contributed by atoms with van der Waals surface area (Å²) < 4.78 is 2.09. The maximum atomic E-state index is 10.9. The van der Waals surface area contributed by atoms with Crippen LogP contribution in [0.25, 0.3) is 32.9 Å². The third-order valence-electron chi connectivity index (χ3n) is 4.51. The average molecular weight is 318 g/mol. The Kier molecular flexibility index (Phi) is 3.43. The molecule has 0 spiro atoms. The molecule has 0 aliphatic carbocycles. The molecule has 0 radical (unpaired) electrons. The van der Waals surface area contributed by atoms with Gasteiger partial charge in [0.1, 0.15) is 6.29 Å². The molecule has 0 saturated carbocycles. The first-order chi connectivity index (χ1) is 11.7. The van der Waals surface area contributed by atoms with Gasteiger partial charge in [-0.3, -0.25) is 4.98 Å². The van der Waals surface area contributed by atoms with E-state index in [1.54, 1.807) is 0 Å². The van der Waals surface area contributed by atoms with Crippen molar-refractivity contribution >= 4 is 28.1 Å². The number of para-hydroxylation sites is 1. The average Bonchev–Trinajstić information content (AvgIpc) is 3.17. The second-order valence-electron chi connectivity index (χ2n) is 6.09. The van der Waals surface area contributed by atoms with Gasteiger partial charge < -0.3 is 20.1 Å². The molecule has 5 nitrogen and oxygen atoms in total. The number of benzene rings is 1. The third-order valence-corrected chi connectivity index (χ3v) is 4.51. The fourth-order valence-corrected chi connectivity index (χ4v) is 3.35. The van der Waals surface area contributed by atoms with Gasteiger partial charge in [-0.15, -0.1) is 0 Å². The molecule has 3 heterocycles. The van der Waals surface area contributed by atoms with Crippen LogP contribution in [0.15, 0.2) is 49.1 Å². The number of carbonyl (C=O) groups is 1. The van der Waals surface area contributed by atoms with Gasteiger partial charge in [0.15, 0.2) is 0 Å². The smallest absolute Gasteiger partial charge is 0.137 e. The number of aryl methyl sites for hydroxylation is 1. The summed E-state index contributed by atoms with van der Waals surface area (Å²) in [5, 5.41) is 2.27. The van der Waals surface area contributed by atoms with Crippen molar-refractivity contribution in [2.24, 2.45) is 12.8 Å². The summed E-state index contributed by atoms with van der Waals surface area (Å²) in [4.78, 5) is 18.4. The molecule has 4 aromatic rings. The van der Waals surface area contributed by atoms with E-state index in [4.69, 9.17) is 5.73 Å². The zero-order valence-electron chi connectivity index (χ0n) is 13.4. The van der Waals surface area contributed by atoms with Crippen LogP contribution in [0.1, 0.15) is 5.56 Å². The van der Waals surface area contributed by atoms with Gasteiger partial charge in [0.25, 0.3) is 0 Å². The number of aldehydes is 1. The normalized spacial score (nSPS) is 12.8. The number of aromatic amines is 1. The Hall–Kier alpha value is -2.92. The molecule has 0 aliphatic rings. The minimum absolute atomic E-state index is 0.476. The lowest BCUT2D eigenvalue weighted by Crippen LogP contribution is -2.23. The van der Waals surface area contributed by atoms with E-state index in [1.165, 1.54) is 5.39 Å². The number of nitrogens with two attached hydrogens (primary N) is 1. The minimum Gasteiger partial charge on any atom is -0.360 e. The van der Waals surface area contributed by atoms with Crippen molar-refractivity contribution in [1.82, 2.24) is 14.5 Å². The van der Waals surface area contributed by atoms with Gasteiger partial charge in [-0.25, -0.2) is 0 Å². The van der Waals surface area contributed by atoms with Crippen LogP contribution >= 0.6 is 0 Å². The van der Waals surface area contributed by atoms with Gasteiger partial charge in [-0.05, 0) is 18.1 Å². The van der Waals surface area contributed by atoms with Crippen molar-refractivity contribution < 1.29 is 4.79 Å². The fourth-order valence-electron chi connectivity index (χ4n) is 3.35. The van der Waals surface area contributed by atoms with Gasteiger partial charge in [-0.1, -0.05) is 18.2 Å². The summed E-state index contributed by atoms with van der Waals surface area (Å²) in [6.07, 6.45) is 9.09. The Morgan fingerprint density at radius 2 is 2.17 bits per heavy atom. The highest BCUT2D eigenvalue weighted by atomic mass is 16.1. The number of fused-ring (bicyclic) bond motifs is 2. The molecule has 3 aromatic heterocycles. The lowest BCUT2D eigenvalue weighted by molar-refractivity contribution is -0.108. The third kappa shape index (κ3) is 2.21. The maximum Gasteiger partial charge on any atom is 0.137 e. The molecule has 0 amide bonds.